The van der Waals surface area contributed by atoms with E-state index in [9.17, 15) is 14.7 Å². The van der Waals surface area contributed by atoms with E-state index in [0.29, 0.717) is 44.5 Å². The molecule has 2 saturated carbocycles. The number of rotatable bonds is 7. The zero-order chi connectivity index (χ0) is 27.8. The van der Waals surface area contributed by atoms with Crippen molar-refractivity contribution in [3.63, 3.8) is 0 Å². The molecule has 1 saturated heterocycles. The number of furan rings is 1. The van der Waals surface area contributed by atoms with Crippen LogP contribution in [0.5, 0.6) is 5.75 Å². The Morgan fingerprint density at radius 2 is 1.79 bits per heavy atom. The van der Waals surface area contributed by atoms with Gasteiger partial charge in [-0.25, -0.2) is 0 Å². The van der Waals surface area contributed by atoms with Crippen LogP contribution in [0.25, 0.3) is 0 Å². The largest absolute Gasteiger partial charge is 0.495 e. The summed E-state index contributed by atoms with van der Waals surface area (Å²) in [5.41, 5.74) is 0.00792. The molecule has 5 rings (SSSR count). The van der Waals surface area contributed by atoms with Gasteiger partial charge in [-0.3, -0.25) is 9.59 Å². The normalized spacial score (nSPS) is 30.1. The average Bonchev–Trinajstić information content (AvgIpc) is 3.53. The number of amides is 2. The molecule has 4 atom stereocenters. The van der Waals surface area contributed by atoms with Crippen molar-refractivity contribution in [2.45, 2.75) is 70.9 Å². The monoisotopic (exact) mass is 537 g/mol. The Kier molecular flexibility index (Phi) is 7.44. The van der Waals surface area contributed by atoms with Gasteiger partial charge in [-0.2, -0.15) is 0 Å². The minimum absolute atomic E-state index is 0.0745. The molecule has 0 radical (unpaired) electrons. The molecule has 0 spiro atoms. The molecule has 3 fully saturated rings. The van der Waals surface area contributed by atoms with Crippen molar-refractivity contribution >= 4 is 17.5 Å². The maximum Gasteiger partial charge on any atom is 0.287 e. The fourth-order valence-electron chi connectivity index (χ4n) is 7.66. The van der Waals surface area contributed by atoms with Crippen LogP contribution in [0, 0.1) is 16.7 Å². The van der Waals surface area contributed by atoms with E-state index in [1.165, 1.54) is 6.26 Å². The fourth-order valence-corrected chi connectivity index (χ4v) is 7.66. The van der Waals surface area contributed by atoms with Gasteiger partial charge in [-0.1, -0.05) is 26.0 Å². The summed E-state index contributed by atoms with van der Waals surface area (Å²) < 4.78 is 10.9. The average molecular weight is 538 g/mol. The van der Waals surface area contributed by atoms with E-state index in [2.05, 4.69) is 30.1 Å². The van der Waals surface area contributed by atoms with E-state index < -0.39 is 5.60 Å². The van der Waals surface area contributed by atoms with E-state index in [1.807, 2.05) is 30.0 Å². The van der Waals surface area contributed by atoms with Gasteiger partial charge in [0.1, 0.15) is 5.75 Å². The molecular weight excluding hydrogens is 494 g/mol. The lowest BCUT2D eigenvalue weighted by Crippen LogP contribution is -2.53. The SMILES string of the molecule is COc1ccccc1N1CCN(C(=O)CC[C@]23CC[C@](C)(O)C[C@H]2C(C)(C)C[C@@H]3NC(=O)c2ccco2)CC1. The number of fused-ring (bicyclic) bond motifs is 1. The molecule has 2 heterocycles. The predicted molar refractivity (Wildman–Crippen MR) is 150 cm³/mol. The van der Waals surface area contributed by atoms with E-state index in [0.717, 1.165) is 37.4 Å². The van der Waals surface area contributed by atoms with Crippen LogP contribution in [0.15, 0.2) is 47.1 Å². The smallest absolute Gasteiger partial charge is 0.287 e. The highest BCUT2D eigenvalue weighted by Crippen LogP contribution is 2.64. The number of aliphatic hydroxyl groups is 1. The first-order valence-electron chi connectivity index (χ1n) is 14.3. The number of hydrogen-bond donors (Lipinski definition) is 2. The van der Waals surface area contributed by atoms with Crippen LogP contribution in [0.3, 0.4) is 0 Å². The lowest BCUT2D eigenvalue weighted by Gasteiger charge is -2.51. The van der Waals surface area contributed by atoms with Gasteiger partial charge in [0, 0.05) is 38.6 Å². The number of carbonyl (C=O) groups is 2. The van der Waals surface area contributed by atoms with Crippen molar-refractivity contribution < 1.29 is 23.8 Å². The van der Waals surface area contributed by atoms with Crippen molar-refractivity contribution in [1.29, 1.82) is 0 Å². The molecular formula is C31H43N3O5. The third kappa shape index (κ3) is 5.40. The Hall–Kier alpha value is -3.00. The summed E-state index contributed by atoms with van der Waals surface area (Å²) in [5, 5.41) is 14.3. The summed E-state index contributed by atoms with van der Waals surface area (Å²) >= 11 is 0. The highest BCUT2D eigenvalue weighted by atomic mass is 16.5. The van der Waals surface area contributed by atoms with E-state index >= 15 is 0 Å². The molecule has 39 heavy (non-hydrogen) atoms. The second-order valence-corrected chi connectivity index (χ2v) is 12.7. The summed E-state index contributed by atoms with van der Waals surface area (Å²) in [6, 6.07) is 11.3. The number of anilines is 1. The second kappa shape index (κ2) is 10.5. The zero-order valence-electron chi connectivity index (χ0n) is 23.7. The number of ether oxygens (including phenoxy) is 1. The molecule has 2 N–H and O–H groups in total. The van der Waals surface area contributed by atoms with Gasteiger partial charge in [0.2, 0.25) is 5.91 Å². The van der Waals surface area contributed by atoms with Crippen molar-refractivity contribution in [3.05, 3.63) is 48.4 Å². The van der Waals surface area contributed by atoms with Crippen molar-refractivity contribution in [1.82, 2.24) is 10.2 Å². The highest BCUT2D eigenvalue weighted by Gasteiger charge is 2.61. The van der Waals surface area contributed by atoms with Crippen LogP contribution < -0.4 is 15.0 Å². The van der Waals surface area contributed by atoms with Crippen LogP contribution in [-0.2, 0) is 4.79 Å². The molecule has 212 valence electrons. The molecule has 8 heteroatoms. The second-order valence-electron chi connectivity index (χ2n) is 12.7. The fraction of sp³-hybridized carbons (Fsp3) is 0.613. The van der Waals surface area contributed by atoms with E-state index in [-0.39, 0.29) is 34.6 Å². The molecule has 2 amide bonds. The van der Waals surface area contributed by atoms with Crippen molar-refractivity contribution in [3.8, 4) is 5.75 Å². The Morgan fingerprint density at radius 1 is 1.05 bits per heavy atom. The summed E-state index contributed by atoms with van der Waals surface area (Å²) in [6.45, 7) is 9.28. The Balaban J connectivity index is 1.28. The maximum absolute atomic E-state index is 13.5. The summed E-state index contributed by atoms with van der Waals surface area (Å²) in [7, 11) is 1.69. The molecule has 1 aromatic heterocycles. The standard InChI is InChI=1S/C31H43N3O5/c1-29(2)21-26(32-28(36)24-10-7-19-39-24)31(14-13-30(3,37)20-25(29)31)12-11-27(35)34-17-15-33(16-18-34)22-8-5-6-9-23(22)38-4/h5-10,19,25-26,37H,11-18,20-21H2,1-4H3,(H,32,36)/t25-,26-,30-,31-/m0/s1. The van der Waals surface area contributed by atoms with E-state index in [4.69, 9.17) is 9.15 Å². The molecule has 8 nitrogen and oxygen atoms in total. The van der Waals surface area contributed by atoms with Gasteiger partial charge in [0.05, 0.1) is 24.7 Å². The van der Waals surface area contributed by atoms with E-state index in [1.54, 1.807) is 19.2 Å². The topological polar surface area (TPSA) is 95.3 Å². The minimum Gasteiger partial charge on any atom is -0.495 e. The third-order valence-electron chi connectivity index (χ3n) is 9.75. The van der Waals surface area contributed by atoms with Gasteiger partial charge < -0.3 is 29.4 Å². The van der Waals surface area contributed by atoms with Crippen LogP contribution >= 0.6 is 0 Å². The van der Waals surface area contributed by atoms with Gasteiger partial charge >= 0.3 is 0 Å². The maximum atomic E-state index is 13.5. The molecule has 2 aliphatic carbocycles. The summed E-state index contributed by atoms with van der Waals surface area (Å²) in [6.07, 6.45) is 5.59. The minimum atomic E-state index is -0.732. The van der Waals surface area contributed by atoms with Crippen molar-refractivity contribution in [2.75, 3.05) is 38.2 Å². The predicted octanol–water partition coefficient (Wildman–Crippen LogP) is 4.48. The van der Waals surface area contributed by atoms with Crippen molar-refractivity contribution in [2.24, 2.45) is 16.7 Å². The van der Waals surface area contributed by atoms with Gasteiger partial charge in [0.15, 0.2) is 5.76 Å². The molecule has 2 aromatic rings. The number of methoxy groups -OCH3 is 1. The number of para-hydroxylation sites is 2. The van der Waals surface area contributed by atoms with Crippen LogP contribution in [0.2, 0.25) is 0 Å². The molecule has 0 bridgehead atoms. The number of piperazine rings is 1. The van der Waals surface area contributed by atoms with Gasteiger partial charge in [-0.15, -0.1) is 0 Å². The first-order chi connectivity index (χ1) is 18.5. The number of carbonyl (C=O) groups excluding carboxylic acids is 2. The van der Waals surface area contributed by atoms with Crippen LogP contribution in [0.4, 0.5) is 5.69 Å². The van der Waals surface area contributed by atoms with Gasteiger partial charge in [-0.05, 0) is 80.0 Å². The number of nitrogens with one attached hydrogen (secondary N) is 1. The lowest BCUT2D eigenvalue weighted by molar-refractivity contribution is -0.133. The number of nitrogens with zero attached hydrogens (tertiary/aromatic N) is 2. The summed E-state index contributed by atoms with van der Waals surface area (Å²) in [5.74, 6) is 1.31. The Morgan fingerprint density at radius 3 is 2.49 bits per heavy atom. The van der Waals surface area contributed by atoms with Crippen LogP contribution in [-0.4, -0.2) is 66.8 Å². The number of benzene rings is 1. The quantitative estimate of drug-likeness (QED) is 0.541. The first kappa shape index (κ1) is 27.6. The lowest BCUT2D eigenvalue weighted by atomic mass is 9.57. The molecule has 1 aromatic carbocycles. The third-order valence-corrected chi connectivity index (χ3v) is 9.75. The molecule has 1 aliphatic heterocycles. The van der Waals surface area contributed by atoms with Gasteiger partial charge in [0.25, 0.3) is 5.91 Å². The molecule has 0 unspecified atom stereocenters. The molecule has 3 aliphatic rings. The first-order valence-corrected chi connectivity index (χ1v) is 14.3. The Labute approximate surface area is 231 Å². The summed E-state index contributed by atoms with van der Waals surface area (Å²) in [4.78, 5) is 30.8. The number of hydrogen-bond acceptors (Lipinski definition) is 6. The highest BCUT2D eigenvalue weighted by molar-refractivity contribution is 5.91. The van der Waals surface area contributed by atoms with Crippen LogP contribution in [0.1, 0.15) is 69.9 Å². The zero-order valence-corrected chi connectivity index (χ0v) is 23.7. The Bertz CT molecular complexity index is 1170.